The van der Waals surface area contributed by atoms with E-state index < -0.39 is 0 Å². The topological polar surface area (TPSA) is 34.1 Å². The predicted octanol–water partition coefficient (Wildman–Crippen LogP) is 2.57. The summed E-state index contributed by atoms with van der Waals surface area (Å²) in [5.41, 5.74) is 1.13. The van der Waals surface area contributed by atoms with Gasteiger partial charge >= 0.3 is 0 Å². The minimum Gasteiger partial charge on any atom is -0.378 e. The molecule has 0 bridgehead atoms. The van der Waals surface area contributed by atoms with Crippen molar-refractivity contribution in [1.29, 1.82) is 0 Å². The second-order valence-electron chi connectivity index (χ2n) is 3.55. The Kier molecular flexibility index (Phi) is 6.55. The van der Waals surface area contributed by atoms with Crippen molar-refractivity contribution in [2.24, 2.45) is 0 Å². The summed E-state index contributed by atoms with van der Waals surface area (Å²) in [4.78, 5) is 4.45. The molecular formula is C11H20N2OS. The van der Waals surface area contributed by atoms with E-state index in [1.54, 1.807) is 18.4 Å². The van der Waals surface area contributed by atoms with Gasteiger partial charge in [0.05, 0.1) is 12.3 Å². The van der Waals surface area contributed by atoms with E-state index in [9.17, 15) is 0 Å². The van der Waals surface area contributed by atoms with Crippen molar-refractivity contribution in [2.75, 3.05) is 13.7 Å². The zero-order valence-electron chi connectivity index (χ0n) is 9.58. The van der Waals surface area contributed by atoms with E-state index in [4.69, 9.17) is 4.74 Å². The van der Waals surface area contributed by atoms with Crippen molar-refractivity contribution in [3.05, 3.63) is 16.1 Å². The van der Waals surface area contributed by atoms with Gasteiger partial charge < -0.3 is 10.1 Å². The van der Waals surface area contributed by atoms with E-state index in [1.807, 2.05) is 0 Å². The molecule has 0 aromatic carbocycles. The molecule has 1 rings (SSSR count). The molecule has 4 heteroatoms. The first-order chi connectivity index (χ1) is 7.36. The Balaban J connectivity index is 2.14. The number of thiazole rings is 1. The van der Waals surface area contributed by atoms with Gasteiger partial charge in [0.1, 0.15) is 5.01 Å². The highest BCUT2D eigenvalue weighted by atomic mass is 32.1. The van der Waals surface area contributed by atoms with Crippen molar-refractivity contribution in [3.63, 3.8) is 0 Å². The summed E-state index contributed by atoms with van der Waals surface area (Å²) in [6.45, 7) is 4.81. The van der Waals surface area contributed by atoms with Crippen LogP contribution in [0.5, 0.6) is 0 Å². The van der Waals surface area contributed by atoms with Crippen LogP contribution in [-0.2, 0) is 17.9 Å². The largest absolute Gasteiger partial charge is 0.378 e. The van der Waals surface area contributed by atoms with Crippen LogP contribution in [0.3, 0.4) is 0 Å². The summed E-state index contributed by atoms with van der Waals surface area (Å²) < 4.78 is 5.03. The lowest BCUT2D eigenvalue weighted by atomic mass is 10.2. The molecule has 0 radical (unpaired) electrons. The molecule has 15 heavy (non-hydrogen) atoms. The highest BCUT2D eigenvalue weighted by Gasteiger charge is 2.00. The Morgan fingerprint density at radius 2 is 2.33 bits per heavy atom. The standard InChI is InChI=1S/C11H20N2OS/c1-3-4-5-6-12-7-10-9-15-11(13-10)8-14-2/h9,12H,3-8H2,1-2H3. The summed E-state index contributed by atoms with van der Waals surface area (Å²) >= 11 is 1.67. The van der Waals surface area contributed by atoms with Crippen LogP contribution in [0.15, 0.2) is 5.38 Å². The molecule has 0 unspecified atom stereocenters. The maximum Gasteiger partial charge on any atom is 0.119 e. The molecule has 86 valence electrons. The van der Waals surface area contributed by atoms with Crippen LogP contribution in [0.2, 0.25) is 0 Å². The quantitative estimate of drug-likeness (QED) is 0.694. The smallest absolute Gasteiger partial charge is 0.119 e. The van der Waals surface area contributed by atoms with Crippen LogP contribution >= 0.6 is 11.3 Å². The Bertz CT molecular complexity index is 263. The van der Waals surface area contributed by atoms with E-state index in [-0.39, 0.29) is 0 Å². The van der Waals surface area contributed by atoms with Gasteiger partial charge in [-0.2, -0.15) is 0 Å². The molecule has 0 amide bonds. The average Bonchev–Trinajstić information content (AvgIpc) is 2.66. The molecule has 0 spiro atoms. The van der Waals surface area contributed by atoms with E-state index in [2.05, 4.69) is 22.6 Å². The average molecular weight is 228 g/mol. The highest BCUT2D eigenvalue weighted by Crippen LogP contribution is 2.10. The van der Waals surface area contributed by atoms with Gasteiger partial charge in [-0.15, -0.1) is 11.3 Å². The van der Waals surface area contributed by atoms with Gasteiger partial charge in [0.25, 0.3) is 0 Å². The van der Waals surface area contributed by atoms with Gasteiger partial charge in [-0.1, -0.05) is 19.8 Å². The van der Waals surface area contributed by atoms with Gasteiger partial charge in [0.2, 0.25) is 0 Å². The van der Waals surface area contributed by atoms with Crippen molar-refractivity contribution in [3.8, 4) is 0 Å². The Labute approximate surface area is 95.9 Å². The number of aromatic nitrogens is 1. The minimum absolute atomic E-state index is 0.625. The number of rotatable bonds is 8. The van der Waals surface area contributed by atoms with Gasteiger partial charge in [0, 0.05) is 19.0 Å². The van der Waals surface area contributed by atoms with Crippen LogP contribution in [0.25, 0.3) is 0 Å². The van der Waals surface area contributed by atoms with Crippen LogP contribution in [0.1, 0.15) is 36.9 Å². The van der Waals surface area contributed by atoms with Crippen molar-refractivity contribution in [1.82, 2.24) is 10.3 Å². The van der Waals surface area contributed by atoms with E-state index >= 15 is 0 Å². The summed E-state index contributed by atoms with van der Waals surface area (Å²) in [7, 11) is 1.70. The number of methoxy groups -OCH3 is 1. The third-order valence-electron chi connectivity index (χ3n) is 2.13. The lowest BCUT2D eigenvalue weighted by Crippen LogP contribution is -2.14. The first kappa shape index (κ1) is 12.6. The molecule has 1 aromatic rings. The van der Waals surface area contributed by atoms with Gasteiger partial charge in [-0.3, -0.25) is 0 Å². The third kappa shape index (κ3) is 5.25. The fraction of sp³-hybridized carbons (Fsp3) is 0.727. The molecule has 3 nitrogen and oxygen atoms in total. The van der Waals surface area contributed by atoms with Crippen molar-refractivity contribution >= 4 is 11.3 Å². The normalized spacial score (nSPS) is 10.8. The second-order valence-corrected chi connectivity index (χ2v) is 4.49. The molecule has 0 saturated heterocycles. The van der Waals surface area contributed by atoms with Crippen LogP contribution in [0, 0.1) is 0 Å². The summed E-state index contributed by atoms with van der Waals surface area (Å²) in [6.07, 6.45) is 3.83. The van der Waals surface area contributed by atoms with Gasteiger partial charge in [-0.25, -0.2) is 4.98 Å². The minimum atomic E-state index is 0.625. The fourth-order valence-corrected chi connectivity index (χ4v) is 2.10. The number of ether oxygens (including phenoxy) is 1. The maximum atomic E-state index is 5.03. The lowest BCUT2D eigenvalue weighted by molar-refractivity contribution is 0.184. The number of hydrogen-bond donors (Lipinski definition) is 1. The SMILES string of the molecule is CCCCCNCc1csc(COC)n1. The third-order valence-corrected chi connectivity index (χ3v) is 3.00. The van der Waals surface area contributed by atoms with Crippen molar-refractivity contribution in [2.45, 2.75) is 39.3 Å². The number of nitrogens with one attached hydrogen (secondary N) is 1. The van der Waals surface area contributed by atoms with E-state index in [0.717, 1.165) is 23.8 Å². The van der Waals surface area contributed by atoms with Crippen molar-refractivity contribution < 1.29 is 4.74 Å². The maximum absolute atomic E-state index is 5.03. The second kappa shape index (κ2) is 7.79. The molecule has 0 fully saturated rings. The van der Waals surface area contributed by atoms with Crippen LogP contribution in [0.4, 0.5) is 0 Å². The Hall–Kier alpha value is -0.450. The molecule has 1 heterocycles. The monoisotopic (exact) mass is 228 g/mol. The lowest BCUT2D eigenvalue weighted by Gasteiger charge is -2.00. The molecule has 0 saturated carbocycles. The summed E-state index contributed by atoms with van der Waals surface area (Å²) in [6, 6.07) is 0. The van der Waals surface area contributed by atoms with Gasteiger partial charge in [0.15, 0.2) is 0 Å². The number of hydrogen-bond acceptors (Lipinski definition) is 4. The molecular weight excluding hydrogens is 208 g/mol. The molecule has 0 atom stereocenters. The van der Waals surface area contributed by atoms with E-state index in [0.29, 0.717) is 6.61 Å². The molecule has 0 aliphatic rings. The fourth-order valence-electron chi connectivity index (χ4n) is 1.34. The van der Waals surface area contributed by atoms with Crippen LogP contribution < -0.4 is 5.32 Å². The summed E-state index contributed by atoms with van der Waals surface area (Å²) in [5, 5.41) is 6.55. The zero-order chi connectivity index (χ0) is 10.9. The first-order valence-electron chi connectivity index (χ1n) is 5.49. The van der Waals surface area contributed by atoms with Crippen LogP contribution in [-0.4, -0.2) is 18.6 Å². The first-order valence-corrected chi connectivity index (χ1v) is 6.37. The number of nitrogens with zero attached hydrogens (tertiary/aromatic N) is 1. The molecule has 1 N–H and O–H groups in total. The van der Waals surface area contributed by atoms with Gasteiger partial charge in [-0.05, 0) is 13.0 Å². The molecule has 1 aromatic heterocycles. The predicted molar refractivity (Wildman–Crippen MR) is 64.1 cm³/mol. The zero-order valence-corrected chi connectivity index (χ0v) is 10.4. The number of unbranched alkanes of at least 4 members (excludes halogenated alkanes) is 2. The Morgan fingerprint density at radius 3 is 3.07 bits per heavy atom. The Morgan fingerprint density at radius 1 is 1.47 bits per heavy atom. The molecule has 0 aliphatic heterocycles. The summed E-state index contributed by atoms with van der Waals surface area (Å²) in [5.74, 6) is 0. The molecule has 0 aliphatic carbocycles. The highest BCUT2D eigenvalue weighted by molar-refractivity contribution is 7.09. The van der Waals surface area contributed by atoms with E-state index in [1.165, 1.54) is 19.3 Å².